The molecule has 5 aliphatic carbocycles. The van der Waals surface area contributed by atoms with E-state index < -0.39 is 0 Å². The number of amidine groups is 1. The van der Waals surface area contributed by atoms with Gasteiger partial charge in [-0.2, -0.15) is 10.3 Å². The normalized spacial score (nSPS) is 38.6. The second-order valence-electron chi connectivity index (χ2n) is 8.61. The van der Waals surface area contributed by atoms with Crippen LogP contribution in [0.2, 0.25) is 0 Å². The minimum absolute atomic E-state index is 0.0222. The first kappa shape index (κ1) is 14.5. The van der Waals surface area contributed by atoms with Crippen LogP contribution in [0.1, 0.15) is 50.5 Å². The zero-order valence-electron chi connectivity index (χ0n) is 14.1. The van der Waals surface area contributed by atoms with Gasteiger partial charge >= 0.3 is 0 Å². The second kappa shape index (κ2) is 5.34. The van der Waals surface area contributed by atoms with Gasteiger partial charge in [-0.15, -0.1) is 0 Å². The molecule has 0 spiro atoms. The minimum Gasteiger partial charge on any atom is -0.369 e. The quantitative estimate of drug-likeness (QED) is 0.520. The molecule has 0 radical (unpaired) electrons. The molecule has 124 valence electrons. The number of nitrogens with one attached hydrogen (secondary N) is 1. The third-order valence-corrected chi connectivity index (χ3v) is 7.22. The Balaban J connectivity index is 1.42. The van der Waals surface area contributed by atoms with Crippen LogP contribution in [-0.2, 0) is 5.41 Å². The summed E-state index contributed by atoms with van der Waals surface area (Å²) in [5, 5.41) is 13.1. The van der Waals surface area contributed by atoms with Gasteiger partial charge in [-0.05, 0) is 74.2 Å². The van der Waals surface area contributed by atoms with E-state index in [2.05, 4.69) is 46.8 Å². The van der Waals surface area contributed by atoms with E-state index in [1.54, 1.807) is 0 Å². The molecule has 4 bridgehead atoms. The van der Waals surface area contributed by atoms with E-state index in [4.69, 9.17) is 0 Å². The van der Waals surface area contributed by atoms with Crippen molar-refractivity contribution in [2.24, 2.45) is 28.7 Å². The monoisotopic (exact) mass is 319 g/mol. The fraction of sp³-hybridized carbons (Fsp3) is 0.619. The predicted octanol–water partition coefficient (Wildman–Crippen LogP) is 4.01. The molecule has 5 fully saturated rings. The predicted molar refractivity (Wildman–Crippen MR) is 94.4 cm³/mol. The Hall–Kier alpha value is -1.82. The molecule has 1 aromatic carbocycles. The molecule has 0 saturated heterocycles. The highest BCUT2D eigenvalue weighted by Crippen LogP contribution is 2.55. The maximum absolute atomic E-state index is 9.28. The van der Waals surface area contributed by atoms with Crippen molar-refractivity contribution in [1.29, 1.82) is 5.26 Å². The van der Waals surface area contributed by atoms with Gasteiger partial charge in [0.05, 0.1) is 5.41 Å². The van der Waals surface area contributed by atoms with Crippen LogP contribution in [0, 0.1) is 35.1 Å². The molecular formula is C21H25N3. The number of hydrogen-bond acceptors (Lipinski definition) is 2. The first-order valence-corrected chi connectivity index (χ1v) is 9.58. The van der Waals surface area contributed by atoms with Crippen molar-refractivity contribution in [3.63, 3.8) is 0 Å². The number of nitrogens with zero attached hydrogens (tertiary/aromatic N) is 2. The molecular weight excluding hydrogens is 294 g/mol. The number of hydrogen-bond donors (Lipinski definition) is 1. The zero-order valence-corrected chi connectivity index (χ0v) is 14.1. The number of rotatable bonds is 3. The van der Waals surface area contributed by atoms with E-state index in [0.717, 1.165) is 42.3 Å². The van der Waals surface area contributed by atoms with E-state index in [9.17, 15) is 5.26 Å². The SMILES string of the molecule is N#CN=C(NC1C2CC3CC(C2)CC1C3)C1(c2ccccc2)CC1. The molecule has 0 atom stereocenters. The van der Waals surface area contributed by atoms with Gasteiger partial charge in [-0.1, -0.05) is 30.3 Å². The Morgan fingerprint density at radius 2 is 1.62 bits per heavy atom. The molecule has 5 aliphatic rings. The summed E-state index contributed by atoms with van der Waals surface area (Å²) in [6.45, 7) is 0. The van der Waals surface area contributed by atoms with Crippen LogP contribution in [0.15, 0.2) is 35.3 Å². The largest absolute Gasteiger partial charge is 0.369 e. The first-order valence-electron chi connectivity index (χ1n) is 9.58. The average Bonchev–Trinajstić information content (AvgIpc) is 3.39. The van der Waals surface area contributed by atoms with E-state index >= 15 is 0 Å². The van der Waals surface area contributed by atoms with Crippen molar-refractivity contribution in [3.05, 3.63) is 35.9 Å². The average molecular weight is 319 g/mol. The number of benzene rings is 1. The van der Waals surface area contributed by atoms with Gasteiger partial charge in [0, 0.05) is 6.04 Å². The lowest BCUT2D eigenvalue weighted by Gasteiger charge is -2.55. The van der Waals surface area contributed by atoms with E-state index in [-0.39, 0.29) is 5.41 Å². The van der Waals surface area contributed by atoms with Gasteiger partial charge in [0.2, 0.25) is 6.19 Å². The maximum atomic E-state index is 9.28. The van der Waals surface area contributed by atoms with Crippen LogP contribution in [0.5, 0.6) is 0 Å². The molecule has 1 aromatic rings. The van der Waals surface area contributed by atoms with Crippen LogP contribution in [-0.4, -0.2) is 11.9 Å². The lowest BCUT2D eigenvalue weighted by atomic mass is 9.54. The van der Waals surface area contributed by atoms with Gasteiger partial charge < -0.3 is 5.32 Å². The molecule has 0 heterocycles. The van der Waals surface area contributed by atoms with E-state index in [0.29, 0.717) is 6.04 Å². The van der Waals surface area contributed by atoms with Gasteiger partial charge in [0.25, 0.3) is 0 Å². The summed E-state index contributed by atoms with van der Waals surface area (Å²) in [6, 6.07) is 11.2. The van der Waals surface area contributed by atoms with Crippen molar-refractivity contribution >= 4 is 5.84 Å². The van der Waals surface area contributed by atoms with Crippen LogP contribution in [0.4, 0.5) is 0 Å². The molecule has 3 heteroatoms. The first-order chi connectivity index (χ1) is 11.8. The highest BCUT2D eigenvalue weighted by molar-refractivity contribution is 5.96. The van der Waals surface area contributed by atoms with Gasteiger partial charge in [0.15, 0.2) is 0 Å². The van der Waals surface area contributed by atoms with E-state index in [1.165, 1.54) is 37.7 Å². The molecule has 24 heavy (non-hydrogen) atoms. The van der Waals surface area contributed by atoms with Crippen LogP contribution < -0.4 is 5.32 Å². The fourth-order valence-electron chi connectivity index (χ4n) is 6.19. The zero-order chi connectivity index (χ0) is 16.1. The van der Waals surface area contributed by atoms with Crippen molar-refractivity contribution in [2.75, 3.05) is 0 Å². The van der Waals surface area contributed by atoms with Gasteiger partial charge in [0.1, 0.15) is 5.84 Å². The topological polar surface area (TPSA) is 48.2 Å². The van der Waals surface area contributed by atoms with Crippen molar-refractivity contribution < 1.29 is 0 Å². The molecule has 0 aliphatic heterocycles. The molecule has 0 amide bonds. The summed E-state index contributed by atoms with van der Waals surface area (Å²) in [5.41, 5.74) is 1.29. The lowest BCUT2D eigenvalue weighted by molar-refractivity contribution is -0.00720. The smallest absolute Gasteiger partial charge is 0.207 e. The minimum atomic E-state index is -0.0222. The third-order valence-electron chi connectivity index (χ3n) is 7.22. The molecule has 3 nitrogen and oxygen atoms in total. The van der Waals surface area contributed by atoms with Crippen molar-refractivity contribution in [1.82, 2.24) is 5.32 Å². The van der Waals surface area contributed by atoms with Crippen molar-refractivity contribution in [2.45, 2.75) is 56.4 Å². The van der Waals surface area contributed by atoms with Gasteiger partial charge in [-0.25, -0.2) is 0 Å². The van der Waals surface area contributed by atoms with Crippen LogP contribution >= 0.6 is 0 Å². The maximum Gasteiger partial charge on any atom is 0.207 e. The summed E-state index contributed by atoms with van der Waals surface area (Å²) in [4.78, 5) is 4.30. The van der Waals surface area contributed by atoms with Crippen molar-refractivity contribution in [3.8, 4) is 6.19 Å². The molecule has 5 saturated carbocycles. The third kappa shape index (κ3) is 2.19. The molecule has 0 unspecified atom stereocenters. The van der Waals surface area contributed by atoms with Gasteiger partial charge in [-0.3, -0.25) is 0 Å². The van der Waals surface area contributed by atoms with E-state index in [1.807, 2.05) is 0 Å². The molecule has 0 aromatic heterocycles. The Kier molecular flexibility index (Phi) is 3.23. The number of aliphatic imine (C=N–C) groups is 1. The fourth-order valence-corrected chi connectivity index (χ4v) is 6.19. The summed E-state index contributed by atoms with van der Waals surface area (Å²) < 4.78 is 0. The lowest BCUT2D eigenvalue weighted by Crippen LogP contribution is -2.57. The Morgan fingerprint density at radius 1 is 1.00 bits per heavy atom. The Bertz CT molecular complexity index is 668. The molecule has 6 rings (SSSR count). The van der Waals surface area contributed by atoms with Crippen LogP contribution in [0.3, 0.4) is 0 Å². The summed E-state index contributed by atoms with van der Waals surface area (Å²) in [7, 11) is 0. The highest BCUT2D eigenvalue weighted by atomic mass is 15.1. The number of nitriles is 1. The Labute approximate surface area is 144 Å². The summed E-state index contributed by atoms with van der Waals surface area (Å²) in [6.07, 6.45) is 11.3. The second-order valence-corrected chi connectivity index (χ2v) is 8.61. The molecule has 1 N–H and O–H groups in total. The van der Waals surface area contributed by atoms with Crippen LogP contribution in [0.25, 0.3) is 0 Å². The highest BCUT2D eigenvalue weighted by Gasteiger charge is 2.53. The summed E-state index contributed by atoms with van der Waals surface area (Å²) in [5.74, 6) is 4.51. The Morgan fingerprint density at radius 3 is 2.17 bits per heavy atom. The summed E-state index contributed by atoms with van der Waals surface area (Å²) >= 11 is 0. The standard InChI is InChI=1S/C21H25N3/c22-13-23-20(21(6-7-21)18-4-2-1-3-5-18)24-19-16-9-14-8-15(11-16)12-17(19)10-14/h1-5,14-17,19H,6-12H2,(H,23,24).